The molecule has 1 unspecified atom stereocenters. The molecule has 1 atom stereocenters. The maximum absolute atomic E-state index is 12.0. The van der Waals surface area contributed by atoms with Crippen LogP contribution in [0.3, 0.4) is 0 Å². The van der Waals surface area contributed by atoms with Crippen molar-refractivity contribution in [3.63, 3.8) is 0 Å². The number of carbonyl (C=O) groups is 2. The summed E-state index contributed by atoms with van der Waals surface area (Å²) in [6.07, 6.45) is 0.558. The minimum absolute atomic E-state index is 0.0410. The summed E-state index contributed by atoms with van der Waals surface area (Å²) >= 11 is 5.89. The highest BCUT2D eigenvalue weighted by Crippen LogP contribution is 2.42. The fraction of sp³-hybridized carbons (Fsp3) is 0.429. The zero-order valence-corrected chi connectivity index (χ0v) is 11.2. The molecule has 3 nitrogen and oxygen atoms in total. The summed E-state index contributed by atoms with van der Waals surface area (Å²) in [5.41, 5.74) is 1.06. The molecule has 1 aliphatic carbocycles. The number of halogens is 1. The first-order chi connectivity index (χ1) is 8.46. The smallest absolute Gasteiger partial charge is 0.306 e. The Hall–Kier alpha value is -1.35. The molecule has 0 saturated heterocycles. The molecule has 4 heteroatoms. The van der Waals surface area contributed by atoms with Crippen molar-refractivity contribution >= 4 is 23.4 Å². The van der Waals surface area contributed by atoms with Gasteiger partial charge in [-0.05, 0) is 24.6 Å². The van der Waals surface area contributed by atoms with Crippen LogP contribution in [-0.4, -0.2) is 18.4 Å². The van der Waals surface area contributed by atoms with Crippen LogP contribution in [0.1, 0.15) is 42.6 Å². The van der Waals surface area contributed by atoms with Gasteiger partial charge in [0.25, 0.3) is 0 Å². The Morgan fingerprint density at radius 3 is 2.89 bits per heavy atom. The van der Waals surface area contributed by atoms with E-state index in [2.05, 4.69) is 0 Å². The van der Waals surface area contributed by atoms with Crippen LogP contribution in [0.15, 0.2) is 18.2 Å². The van der Waals surface area contributed by atoms with Gasteiger partial charge in [0.05, 0.1) is 13.0 Å². The van der Waals surface area contributed by atoms with E-state index in [4.69, 9.17) is 16.3 Å². The molecule has 1 aliphatic rings. The van der Waals surface area contributed by atoms with Crippen LogP contribution in [0.5, 0.6) is 0 Å². The van der Waals surface area contributed by atoms with Crippen molar-refractivity contribution in [2.24, 2.45) is 0 Å². The highest BCUT2D eigenvalue weighted by atomic mass is 35.5. The number of hydrogen-bond acceptors (Lipinski definition) is 3. The molecule has 2 rings (SSSR count). The molecule has 18 heavy (non-hydrogen) atoms. The zero-order valence-electron chi connectivity index (χ0n) is 10.5. The summed E-state index contributed by atoms with van der Waals surface area (Å²) in [5.74, 6) is -0.227. The van der Waals surface area contributed by atoms with E-state index in [9.17, 15) is 9.59 Å². The standard InChI is InChI=1S/C14H15ClO3/c1-3-18-13(17)8-14(2)7-12(16)10-6-9(15)4-5-11(10)14/h4-6H,3,7-8H2,1-2H3. The number of carbonyl (C=O) groups excluding carboxylic acids is 2. The Labute approximate surface area is 111 Å². The van der Waals surface area contributed by atoms with E-state index in [1.807, 2.05) is 13.0 Å². The van der Waals surface area contributed by atoms with Gasteiger partial charge < -0.3 is 4.74 Å². The molecule has 0 aromatic heterocycles. The van der Waals surface area contributed by atoms with Gasteiger partial charge >= 0.3 is 5.97 Å². The molecule has 0 saturated carbocycles. The van der Waals surface area contributed by atoms with Gasteiger partial charge in [-0.15, -0.1) is 0 Å². The van der Waals surface area contributed by atoms with Gasteiger partial charge in [-0.25, -0.2) is 0 Å². The van der Waals surface area contributed by atoms with Crippen molar-refractivity contribution in [2.75, 3.05) is 6.61 Å². The number of ketones is 1. The van der Waals surface area contributed by atoms with Crippen LogP contribution in [-0.2, 0) is 14.9 Å². The monoisotopic (exact) mass is 266 g/mol. The minimum atomic E-state index is -0.469. The second kappa shape index (κ2) is 4.73. The third kappa shape index (κ3) is 2.27. The Bertz CT molecular complexity index is 510. The molecule has 0 radical (unpaired) electrons. The highest BCUT2D eigenvalue weighted by Gasteiger charge is 2.41. The van der Waals surface area contributed by atoms with Gasteiger partial charge in [0, 0.05) is 22.4 Å². The minimum Gasteiger partial charge on any atom is -0.466 e. The molecular formula is C14H15ClO3. The molecule has 0 fully saturated rings. The van der Waals surface area contributed by atoms with Crippen molar-refractivity contribution in [3.05, 3.63) is 34.3 Å². The average molecular weight is 267 g/mol. The normalized spacial score (nSPS) is 21.8. The SMILES string of the molecule is CCOC(=O)CC1(C)CC(=O)c2cc(Cl)ccc21. The quantitative estimate of drug-likeness (QED) is 0.790. The van der Waals surface area contributed by atoms with Crippen LogP contribution in [0.4, 0.5) is 0 Å². The van der Waals surface area contributed by atoms with Crippen LogP contribution in [0.2, 0.25) is 5.02 Å². The molecule has 1 aromatic rings. The highest BCUT2D eigenvalue weighted by molar-refractivity contribution is 6.31. The second-order valence-electron chi connectivity index (χ2n) is 4.83. The molecule has 0 N–H and O–H groups in total. The van der Waals surface area contributed by atoms with Crippen molar-refractivity contribution in [2.45, 2.75) is 32.1 Å². The van der Waals surface area contributed by atoms with E-state index in [0.717, 1.165) is 5.56 Å². The number of esters is 1. The predicted octanol–water partition coefficient (Wildman–Crippen LogP) is 3.14. The van der Waals surface area contributed by atoms with Crippen LogP contribution in [0.25, 0.3) is 0 Å². The van der Waals surface area contributed by atoms with E-state index >= 15 is 0 Å². The van der Waals surface area contributed by atoms with Crippen molar-refractivity contribution in [3.8, 4) is 0 Å². The summed E-state index contributed by atoms with van der Waals surface area (Å²) in [7, 11) is 0. The third-order valence-electron chi connectivity index (χ3n) is 3.32. The largest absolute Gasteiger partial charge is 0.466 e. The number of ether oxygens (including phenoxy) is 1. The van der Waals surface area contributed by atoms with E-state index in [1.54, 1.807) is 19.1 Å². The van der Waals surface area contributed by atoms with E-state index < -0.39 is 5.41 Å². The van der Waals surface area contributed by atoms with Crippen molar-refractivity contribution in [1.82, 2.24) is 0 Å². The zero-order chi connectivity index (χ0) is 13.3. The summed E-state index contributed by atoms with van der Waals surface area (Å²) in [6, 6.07) is 5.26. The van der Waals surface area contributed by atoms with Gasteiger partial charge in [-0.3, -0.25) is 9.59 Å². The maximum atomic E-state index is 12.0. The lowest BCUT2D eigenvalue weighted by Gasteiger charge is -2.23. The van der Waals surface area contributed by atoms with Gasteiger partial charge in [0.2, 0.25) is 0 Å². The molecule has 0 bridgehead atoms. The van der Waals surface area contributed by atoms with E-state index in [0.29, 0.717) is 23.6 Å². The lowest BCUT2D eigenvalue weighted by atomic mass is 9.81. The topological polar surface area (TPSA) is 43.4 Å². The third-order valence-corrected chi connectivity index (χ3v) is 3.56. The summed E-state index contributed by atoms with van der Waals surface area (Å²) in [4.78, 5) is 23.6. The molecule has 0 amide bonds. The summed E-state index contributed by atoms with van der Waals surface area (Å²) in [5, 5.41) is 0.544. The fourth-order valence-corrected chi connectivity index (χ4v) is 2.68. The predicted molar refractivity (Wildman–Crippen MR) is 69.0 cm³/mol. The van der Waals surface area contributed by atoms with E-state index in [1.165, 1.54) is 0 Å². The first kappa shape index (κ1) is 13.1. The number of fused-ring (bicyclic) bond motifs is 1. The lowest BCUT2D eigenvalue weighted by molar-refractivity contribution is -0.144. The van der Waals surface area contributed by atoms with Crippen molar-refractivity contribution < 1.29 is 14.3 Å². The van der Waals surface area contributed by atoms with Gasteiger partial charge in [-0.1, -0.05) is 24.6 Å². The Morgan fingerprint density at radius 2 is 2.22 bits per heavy atom. The number of rotatable bonds is 3. The maximum Gasteiger partial charge on any atom is 0.306 e. The number of benzene rings is 1. The summed E-state index contributed by atoms with van der Waals surface area (Å²) in [6.45, 7) is 4.05. The number of Topliss-reactive ketones (excluding diaryl/α,β-unsaturated/α-hetero) is 1. The Kier molecular flexibility index (Phi) is 3.44. The molecule has 0 heterocycles. The Balaban J connectivity index is 2.33. The van der Waals surface area contributed by atoms with Gasteiger partial charge in [-0.2, -0.15) is 0 Å². The van der Waals surface area contributed by atoms with Crippen LogP contribution in [0, 0.1) is 0 Å². The second-order valence-corrected chi connectivity index (χ2v) is 5.27. The molecule has 96 valence electrons. The van der Waals surface area contributed by atoms with Gasteiger partial charge in [0.15, 0.2) is 5.78 Å². The molecular weight excluding hydrogens is 252 g/mol. The summed E-state index contributed by atoms with van der Waals surface area (Å²) < 4.78 is 4.97. The molecule has 0 aliphatic heterocycles. The fourth-order valence-electron chi connectivity index (χ4n) is 2.51. The first-order valence-electron chi connectivity index (χ1n) is 5.95. The molecule has 0 spiro atoms. The van der Waals surface area contributed by atoms with E-state index in [-0.39, 0.29) is 18.2 Å². The van der Waals surface area contributed by atoms with Crippen molar-refractivity contribution in [1.29, 1.82) is 0 Å². The Morgan fingerprint density at radius 1 is 1.50 bits per heavy atom. The molecule has 1 aromatic carbocycles. The van der Waals surface area contributed by atoms with Crippen LogP contribution >= 0.6 is 11.6 Å². The average Bonchev–Trinajstić information content (AvgIpc) is 2.50. The van der Waals surface area contributed by atoms with Crippen LogP contribution < -0.4 is 0 Å². The lowest BCUT2D eigenvalue weighted by Crippen LogP contribution is -2.24. The first-order valence-corrected chi connectivity index (χ1v) is 6.33. The number of hydrogen-bond donors (Lipinski definition) is 0. The van der Waals surface area contributed by atoms with Gasteiger partial charge in [0.1, 0.15) is 0 Å².